The molecule has 3 aromatic rings. The van der Waals surface area contributed by atoms with E-state index in [1.165, 1.54) is 0 Å². The van der Waals surface area contributed by atoms with Crippen molar-refractivity contribution < 1.29 is 9.53 Å². The van der Waals surface area contributed by atoms with Crippen LogP contribution in [-0.4, -0.2) is 27.7 Å². The van der Waals surface area contributed by atoms with Gasteiger partial charge in [-0.25, -0.2) is 0 Å². The van der Waals surface area contributed by atoms with Crippen LogP contribution in [0.15, 0.2) is 47.8 Å². The Kier molecular flexibility index (Phi) is 5.19. The second-order valence-corrected chi connectivity index (χ2v) is 6.88. The maximum Gasteiger partial charge on any atom is 0.272 e. The second-order valence-electron chi connectivity index (χ2n) is 5.85. The fourth-order valence-electron chi connectivity index (χ4n) is 2.80. The molecular weight excluding hydrogens is 334 g/mol. The number of amides is 1. The largest absolute Gasteiger partial charge is 0.496 e. The van der Waals surface area contributed by atoms with Crippen molar-refractivity contribution in [3.63, 3.8) is 0 Å². The first-order valence-electron chi connectivity index (χ1n) is 8.02. The molecule has 6 heteroatoms. The molecule has 2 aromatic heterocycles. The predicted molar refractivity (Wildman–Crippen MR) is 98.8 cm³/mol. The van der Waals surface area contributed by atoms with Crippen LogP contribution in [0.4, 0.5) is 0 Å². The van der Waals surface area contributed by atoms with Crippen molar-refractivity contribution >= 4 is 17.2 Å². The van der Waals surface area contributed by atoms with E-state index in [2.05, 4.69) is 5.10 Å². The Morgan fingerprint density at radius 2 is 2.04 bits per heavy atom. The van der Waals surface area contributed by atoms with Gasteiger partial charge in [-0.15, -0.1) is 11.3 Å². The molecule has 0 aliphatic rings. The van der Waals surface area contributed by atoms with Crippen molar-refractivity contribution in [2.75, 3.05) is 7.11 Å². The summed E-state index contributed by atoms with van der Waals surface area (Å²) in [6, 6.07) is 13.7. The topological polar surface area (TPSA) is 47.4 Å². The summed E-state index contributed by atoms with van der Waals surface area (Å²) in [5, 5.41) is 6.32. The molecule has 0 radical (unpaired) electrons. The van der Waals surface area contributed by atoms with E-state index in [1.807, 2.05) is 59.7 Å². The standard InChI is InChI=1S/C19H21N3O2S/c1-14-11-17(21(2)20-14)19(23)22(13-16-8-6-10-25-16)12-15-7-4-5-9-18(15)24-3/h4-11H,12-13H2,1-3H3. The van der Waals surface area contributed by atoms with Gasteiger partial charge < -0.3 is 9.64 Å². The fraction of sp³-hybridized carbons (Fsp3) is 0.263. The van der Waals surface area contributed by atoms with Crippen molar-refractivity contribution in [1.29, 1.82) is 0 Å². The maximum atomic E-state index is 13.1. The van der Waals surface area contributed by atoms with Gasteiger partial charge in [-0.1, -0.05) is 24.3 Å². The molecule has 0 unspecified atom stereocenters. The highest BCUT2D eigenvalue weighted by molar-refractivity contribution is 7.09. The Hall–Kier alpha value is -2.60. The van der Waals surface area contributed by atoms with Gasteiger partial charge in [0.1, 0.15) is 11.4 Å². The van der Waals surface area contributed by atoms with Gasteiger partial charge in [0.25, 0.3) is 5.91 Å². The molecule has 130 valence electrons. The Balaban J connectivity index is 1.92. The quantitative estimate of drug-likeness (QED) is 0.678. The highest BCUT2D eigenvalue weighted by Crippen LogP contribution is 2.23. The summed E-state index contributed by atoms with van der Waals surface area (Å²) in [4.78, 5) is 16.1. The van der Waals surface area contributed by atoms with Crippen LogP contribution in [0.3, 0.4) is 0 Å². The number of carbonyl (C=O) groups is 1. The number of benzene rings is 1. The monoisotopic (exact) mass is 355 g/mol. The summed E-state index contributed by atoms with van der Waals surface area (Å²) in [5.41, 5.74) is 2.40. The lowest BCUT2D eigenvalue weighted by atomic mass is 10.1. The van der Waals surface area contributed by atoms with E-state index in [4.69, 9.17) is 4.74 Å². The highest BCUT2D eigenvalue weighted by Gasteiger charge is 2.21. The number of rotatable bonds is 6. The maximum absolute atomic E-state index is 13.1. The van der Waals surface area contributed by atoms with E-state index >= 15 is 0 Å². The SMILES string of the molecule is COc1ccccc1CN(Cc1cccs1)C(=O)c1cc(C)nn1C. The van der Waals surface area contributed by atoms with E-state index in [0.717, 1.165) is 21.9 Å². The smallest absolute Gasteiger partial charge is 0.272 e. The van der Waals surface area contributed by atoms with E-state index in [0.29, 0.717) is 18.8 Å². The zero-order valence-corrected chi connectivity index (χ0v) is 15.4. The van der Waals surface area contributed by atoms with Crippen LogP contribution < -0.4 is 4.74 Å². The Morgan fingerprint density at radius 3 is 2.68 bits per heavy atom. The molecule has 0 aliphatic carbocycles. The first kappa shape index (κ1) is 17.2. The van der Waals surface area contributed by atoms with Crippen molar-refractivity contribution in [3.8, 4) is 5.75 Å². The number of hydrogen-bond acceptors (Lipinski definition) is 4. The van der Waals surface area contributed by atoms with Crippen LogP contribution in [0.25, 0.3) is 0 Å². The van der Waals surface area contributed by atoms with Crippen molar-refractivity contribution in [3.05, 3.63) is 69.7 Å². The third kappa shape index (κ3) is 3.91. The fourth-order valence-corrected chi connectivity index (χ4v) is 3.52. The number of carbonyl (C=O) groups excluding carboxylic acids is 1. The van der Waals surface area contributed by atoms with E-state index in [9.17, 15) is 4.79 Å². The van der Waals surface area contributed by atoms with Gasteiger partial charge in [-0.05, 0) is 30.5 Å². The minimum atomic E-state index is -0.0394. The number of methoxy groups -OCH3 is 1. The number of ether oxygens (including phenoxy) is 1. The van der Waals surface area contributed by atoms with E-state index in [1.54, 1.807) is 30.2 Å². The van der Waals surface area contributed by atoms with Crippen LogP contribution in [0.5, 0.6) is 5.75 Å². The van der Waals surface area contributed by atoms with Crippen molar-refractivity contribution in [1.82, 2.24) is 14.7 Å². The van der Waals surface area contributed by atoms with Crippen molar-refractivity contribution in [2.24, 2.45) is 7.05 Å². The van der Waals surface area contributed by atoms with Gasteiger partial charge in [-0.3, -0.25) is 9.48 Å². The summed E-state index contributed by atoms with van der Waals surface area (Å²) in [7, 11) is 3.45. The summed E-state index contributed by atoms with van der Waals surface area (Å²) >= 11 is 1.65. The zero-order chi connectivity index (χ0) is 17.8. The van der Waals surface area contributed by atoms with Gasteiger partial charge >= 0.3 is 0 Å². The molecule has 2 heterocycles. The normalized spacial score (nSPS) is 10.7. The van der Waals surface area contributed by atoms with E-state index in [-0.39, 0.29) is 5.91 Å². The average molecular weight is 355 g/mol. The second kappa shape index (κ2) is 7.53. The summed E-state index contributed by atoms with van der Waals surface area (Å²) in [5.74, 6) is 0.745. The van der Waals surface area contributed by atoms with Gasteiger partial charge in [0, 0.05) is 17.5 Å². The van der Waals surface area contributed by atoms with Gasteiger partial charge in [0.2, 0.25) is 0 Å². The van der Waals surface area contributed by atoms with Crippen LogP contribution in [0.2, 0.25) is 0 Å². The van der Waals surface area contributed by atoms with Crippen LogP contribution >= 0.6 is 11.3 Å². The van der Waals surface area contributed by atoms with E-state index < -0.39 is 0 Å². The molecule has 0 N–H and O–H groups in total. The summed E-state index contributed by atoms with van der Waals surface area (Å²) in [6.45, 7) is 2.92. The average Bonchev–Trinajstić information content (AvgIpc) is 3.23. The molecular formula is C19H21N3O2S. The summed E-state index contributed by atoms with van der Waals surface area (Å²) in [6.07, 6.45) is 0. The number of hydrogen-bond donors (Lipinski definition) is 0. The number of aryl methyl sites for hydroxylation is 2. The Morgan fingerprint density at radius 1 is 1.24 bits per heavy atom. The molecule has 0 atom stereocenters. The molecule has 0 fully saturated rings. The van der Waals surface area contributed by atoms with Gasteiger partial charge in [0.05, 0.1) is 25.9 Å². The minimum absolute atomic E-state index is 0.0394. The number of thiophene rings is 1. The number of para-hydroxylation sites is 1. The lowest BCUT2D eigenvalue weighted by molar-refractivity contribution is 0.0719. The van der Waals surface area contributed by atoms with Crippen LogP contribution in [0.1, 0.15) is 26.6 Å². The van der Waals surface area contributed by atoms with Crippen molar-refractivity contribution in [2.45, 2.75) is 20.0 Å². The molecule has 5 nitrogen and oxygen atoms in total. The predicted octanol–water partition coefficient (Wildman–Crippen LogP) is 3.64. The third-order valence-electron chi connectivity index (χ3n) is 3.99. The molecule has 0 saturated carbocycles. The van der Waals surface area contributed by atoms with Gasteiger partial charge in [-0.2, -0.15) is 5.10 Å². The molecule has 0 spiro atoms. The minimum Gasteiger partial charge on any atom is -0.496 e. The lowest BCUT2D eigenvalue weighted by Gasteiger charge is -2.23. The first-order valence-corrected chi connectivity index (χ1v) is 8.90. The molecule has 0 bridgehead atoms. The summed E-state index contributed by atoms with van der Waals surface area (Å²) < 4.78 is 7.08. The molecule has 1 amide bonds. The molecule has 25 heavy (non-hydrogen) atoms. The third-order valence-corrected chi connectivity index (χ3v) is 4.85. The first-order chi connectivity index (χ1) is 12.1. The van der Waals surface area contributed by atoms with Gasteiger partial charge in [0.15, 0.2) is 0 Å². The molecule has 1 aromatic carbocycles. The molecule has 3 rings (SSSR count). The van der Waals surface area contributed by atoms with Crippen LogP contribution in [-0.2, 0) is 20.1 Å². The highest BCUT2D eigenvalue weighted by atomic mass is 32.1. The van der Waals surface area contributed by atoms with Crippen LogP contribution in [0, 0.1) is 6.92 Å². The Labute approximate surface area is 151 Å². The zero-order valence-electron chi connectivity index (χ0n) is 14.6. The molecule has 0 saturated heterocycles. The Bertz CT molecular complexity index is 855. The molecule has 0 aliphatic heterocycles. The number of aromatic nitrogens is 2. The number of nitrogens with zero attached hydrogens (tertiary/aromatic N) is 3. The lowest BCUT2D eigenvalue weighted by Crippen LogP contribution is -2.31.